The second-order valence-corrected chi connectivity index (χ2v) is 3.62. The Hall–Kier alpha value is -1.97. The van der Waals surface area contributed by atoms with Crippen molar-refractivity contribution in [1.82, 2.24) is 0 Å². The molecular weight excluding hydrogens is 232 g/mol. The minimum Gasteiger partial charge on any atom is -0.493 e. The minimum absolute atomic E-state index is 0.341. The van der Waals surface area contributed by atoms with Crippen molar-refractivity contribution in [2.24, 2.45) is 0 Å². The zero-order valence-electron chi connectivity index (χ0n) is 10.9. The molecule has 0 unspecified atom stereocenters. The van der Waals surface area contributed by atoms with Gasteiger partial charge in [-0.3, -0.25) is 0 Å². The highest BCUT2D eigenvalue weighted by Crippen LogP contribution is 2.27. The minimum atomic E-state index is -0.341. The Morgan fingerprint density at radius 2 is 1.94 bits per heavy atom. The lowest BCUT2D eigenvalue weighted by Crippen LogP contribution is -2.00. The number of hydrogen-bond acceptors (Lipinski definition) is 4. The second kappa shape index (κ2) is 7.37. The van der Waals surface area contributed by atoms with E-state index in [1.54, 1.807) is 32.4 Å². The van der Waals surface area contributed by atoms with Crippen molar-refractivity contribution in [2.75, 3.05) is 20.8 Å². The number of carbonyl (C=O) groups excluding carboxylic acids is 1. The van der Waals surface area contributed by atoms with Crippen molar-refractivity contribution in [3.8, 4) is 11.5 Å². The number of esters is 1. The second-order valence-electron chi connectivity index (χ2n) is 3.62. The van der Waals surface area contributed by atoms with Gasteiger partial charge in [-0.1, -0.05) is 13.0 Å². The van der Waals surface area contributed by atoms with Crippen LogP contribution >= 0.6 is 0 Å². The molecule has 0 atom stereocenters. The summed E-state index contributed by atoms with van der Waals surface area (Å²) >= 11 is 0. The topological polar surface area (TPSA) is 44.8 Å². The Labute approximate surface area is 107 Å². The predicted octanol–water partition coefficient (Wildman–Crippen LogP) is 2.67. The predicted molar refractivity (Wildman–Crippen MR) is 69.8 cm³/mol. The van der Waals surface area contributed by atoms with Crippen LogP contribution in [0.3, 0.4) is 0 Å². The molecule has 0 heterocycles. The fourth-order valence-corrected chi connectivity index (χ4v) is 1.37. The molecule has 1 aromatic rings. The molecule has 98 valence electrons. The van der Waals surface area contributed by atoms with Crippen LogP contribution in [-0.2, 0) is 9.53 Å². The third-order valence-corrected chi connectivity index (χ3v) is 2.27. The Kier molecular flexibility index (Phi) is 5.77. The summed E-state index contributed by atoms with van der Waals surface area (Å²) in [4.78, 5) is 11.3. The van der Waals surface area contributed by atoms with E-state index in [9.17, 15) is 4.79 Å². The summed E-state index contributed by atoms with van der Waals surface area (Å²) in [5.74, 6) is 0.941. The van der Waals surface area contributed by atoms with E-state index in [0.29, 0.717) is 18.1 Å². The molecule has 0 radical (unpaired) electrons. The van der Waals surface area contributed by atoms with Gasteiger partial charge in [0, 0.05) is 6.08 Å². The lowest BCUT2D eigenvalue weighted by Gasteiger charge is -2.07. The fraction of sp³-hybridized carbons (Fsp3) is 0.357. The van der Waals surface area contributed by atoms with Crippen LogP contribution in [0.25, 0.3) is 6.08 Å². The molecule has 1 aromatic carbocycles. The molecule has 0 spiro atoms. The Morgan fingerprint density at radius 1 is 1.22 bits per heavy atom. The van der Waals surface area contributed by atoms with E-state index in [-0.39, 0.29) is 5.97 Å². The lowest BCUT2D eigenvalue weighted by atomic mass is 10.2. The van der Waals surface area contributed by atoms with E-state index in [4.69, 9.17) is 14.2 Å². The monoisotopic (exact) mass is 250 g/mol. The van der Waals surface area contributed by atoms with Crippen LogP contribution in [0, 0.1) is 0 Å². The molecule has 0 N–H and O–H groups in total. The maximum absolute atomic E-state index is 11.3. The van der Waals surface area contributed by atoms with Gasteiger partial charge in [-0.2, -0.15) is 0 Å². The highest BCUT2D eigenvalue weighted by atomic mass is 16.5. The van der Waals surface area contributed by atoms with Crippen molar-refractivity contribution >= 4 is 12.0 Å². The third-order valence-electron chi connectivity index (χ3n) is 2.27. The number of benzene rings is 1. The first-order valence-electron chi connectivity index (χ1n) is 5.78. The Balaban J connectivity index is 2.73. The van der Waals surface area contributed by atoms with Gasteiger partial charge in [0.1, 0.15) is 0 Å². The third kappa shape index (κ3) is 4.13. The van der Waals surface area contributed by atoms with E-state index in [1.807, 2.05) is 13.0 Å². The molecule has 0 aliphatic rings. The summed E-state index contributed by atoms with van der Waals surface area (Å²) in [5.41, 5.74) is 0.848. The number of carbonyl (C=O) groups is 1. The normalized spacial score (nSPS) is 10.4. The van der Waals surface area contributed by atoms with E-state index in [1.165, 1.54) is 6.08 Å². The van der Waals surface area contributed by atoms with Crippen molar-refractivity contribution < 1.29 is 19.0 Å². The Bertz CT molecular complexity index is 424. The summed E-state index contributed by atoms with van der Waals surface area (Å²) in [6, 6.07) is 5.42. The van der Waals surface area contributed by atoms with Gasteiger partial charge >= 0.3 is 5.97 Å². The number of ether oxygens (including phenoxy) is 3. The van der Waals surface area contributed by atoms with Crippen LogP contribution in [0.5, 0.6) is 11.5 Å². The number of hydrogen-bond donors (Lipinski definition) is 0. The molecule has 0 fully saturated rings. The van der Waals surface area contributed by atoms with Crippen LogP contribution < -0.4 is 9.47 Å². The highest BCUT2D eigenvalue weighted by Gasteiger charge is 2.03. The molecular formula is C14H18O4. The van der Waals surface area contributed by atoms with Crippen molar-refractivity contribution in [2.45, 2.75) is 13.3 Å². The van der Waals surface area contributed by atoms with Crippen LogP contribution in [0.2, 0.25) is 0 Å². The highest BCUT2D eigenvalue weighted by molar-refractivity contribution is 5.87. The molecule has 0 bridgehead atoms. The maximum Gasteiger partial charge on any atom is 0.330 e. The summed E-state index contributed by atoms with van der Waals surface area (Å²) < 4.78 is 15.2. The maximum atomic E-state index is 11.3. The summed E-state index contributed by atoms with van der Waals surface area (Å²) in [6.45, 7) is 2.39. The van der Waals surface area contributed by atoms with Gasteiger partial charge in [0.2, 0.25) is 0 Å². The van der Waals surface area contributed by atoms with Crippen molar-refractivity contribution in [1.29, 1.82) is 0 Å². The van der Waals surface area contributed by atoms with Crippen LogP contribution in [0.15, 0.2) is 24.3 Å². The quantitative estimate of drug-likeness (QED) is 0.575. The molecule has 18 heavy (non-hydrogen) atoms. The zero-order valence-corrected chi connectivity index (χ0v) is 10.9. The fourth-order valence-electron chi connectivity index (χ4n) is 1.37. The van der Waals surface area contributed by atoms with Gasteiger partial charge in [0.05, 0.1) is 20.8 Å². The van der Waals surface area contributed by atoms with Crippen molar-refractivity contribution in [3.63, 3.8) is 0 Å². The molecule has 0 aromatic heterocycles. The molecule has 4 nitrogen and oxygen atoms in total. The van der Waals surface area contributed by atoms with Gasteiger partial charge < -0.3 is 14.2 Å². The van der Waals surface area contributed by atoms with E-state index in [0.717, 1.165) is 12.0 Å². The van der Waals surface area contributed by atoms with E-state index in [2.05, 4.69) is 0 Å². The molecule has 0 amide bonds. The van der Waals surface area contributed by atoms with Crippen LogP contribution in [0.4, 0.5) is 0 Å². The average molecular weight is 250 g/mol. The number of methoxy groups -OCH3 is 2. The van der Waals surface area contributed by atoms with Crippen molar-refractivity contribution in [3.05, 3.63) is 29.8 Å². The first-order chi connectivity index (χ1) is 8.71. The smallest absolute Gasteiger partial charge is 0.330 e. The first-order valence-corrected chi connectivity index (χ1v) is 5.78. The van der Waals surface area contributed by atoms with Crippen LogP contribution in [-0.4, -0.2) is 26.8 Å². The SMILES string of the molecule is CCCOC(=O)C=Cc1ccc(OC)c(OC)c1. The van der Waals surface area contributed by atoms with Gasteiger partial charge in [-0.15, -0.1) is 0 Å². The zero-order chi connectivity index (χ0) is 13.4. The summed E-state index contributed by atoms with van der Waals surface area (Å²) in [6.07, 6.45) is 3.90. The molecule has 0 saturated carbocycles. The van der Waals surface area contributed by atoms with Gasteiger partial charge in [0.15, 0.2) is 11.5 Å². The van der Waals surface area contributed by atoms with Gasteiger partial charge in [-0.25, -0.2) is 4.79 Å². The average Bonchev–Trinajstić information content (AvgIpc) is 2.42. The van der Waals surface area contributed by atoms with Crippen LogP contribution in [0.1, 0.15) is 18.9 Å². The summed E-state index contributed by atoms with van der Waals surface area (Å²) in [7, 11) is 3.15. The largest absolute Gasteiger partial charge is 0.493 e. The molecule has 0 saturated heterocycles. The number of rotatable bonds is 6. The van der Waals surface area contributed by atoms with Gasteiger partial charge in [0.25, 0.3) is 0 Å². The standard InChI is InChI=1S/C14H18O4/c1-4-9-18-14(15)8-6-11-5-7-12(16-2)13(10-11)17-3/h5-8,10H,4,9H2,1-3H3. The molecule has 0 aliphatic carbocycles. The van der Waals surface area contributed by atoms with E-state index >= 15 is 0 Å². The summed E-state index contributed by atoms with van der Waals surface area (Å²) in [5, 5.41) is 0. The molecule has 4 heteroatoms. The lowest BCUT2D eigenvalue weighted by molar-refractivity contribution is -0.137. The van der Waals surface area contributed by atoms with E-state index < -0.39 is 0 Å². The van der Waals surface area contributed by atoms with Gasteiger partial charge in [-0.05, 0) is 30.2 Å². The Morgan fingerprint density at radius 3 is 2.56 bits per heavy atom. The first kappa shape index (κ1) is 14.1. The molecule has 1 rings (SSSR count). The molecule has 0 aliphatic heterocycles.